The van der Waals surface area contributed by atoms with Crippen LogP contribution in [0.4, 0.5) is 4.39 Å². The van der Waals surface area contributed by atoms with Crippen molar-refractivity contribution in [2.75, 3.05) is 13.1 Å². The number of nitrogens with zero attached hydrogens (tertiary/aromatic N) is 4. The molecule has 3 rings (SSSR count). The van der Waals surface area contributed by atoms with Gasteiger partial charge in [-0.05, 0) is 18.2 Å². The average molecular weight is 290 g/mol. The van der Waals surface area contributed by atoms with Gasteiger partial charge in [0.1, 0.15) is 5.82 Å². The van der Waals surface area contributed by atoms with Gasteiger partial charge < -0.3 is 10.0 Å². The number of benzene rings is 1. The first kappa shape index (κ1) is 13.2. The SMILES string of the molecule is O=C(O)c1cn(C2CN(C(=O)c3cccc(F)c3)C2)nn1. The van der Waals surface area contributed by atoms with E-state index in [1.54, 1.807) is 11.0 Å². The zero-order valence-corrected chi connectivity index (χ0v) is 10.8. The molecule has 1 aromatic carbocycles. The summed E-state index contributed by atoms with van der Waals surface area (Å²) in [4.78, 5) is 24.3. The van der Waals surface area contributed by atoms with Crippen molar-refractivity contribution in [3.05, 3.63) is 47.5 Å². The van der Waals surface area contributed by atoms with E-state index >= 15 is 0 Å². The van der Waals surface area contributed by atoms with E-state index in [-0.39, 0.29) is 17.6 Å². The Hall–Kier alpha value is -2.77. The normalized spacial score (nSPS) is 14.8. The molecule has 0 radical (unpaired) electrons. The van der Waals surface area contributed by atoms with Crippen LogP contribution in [0.25, 0.3) is 0 Å². The molecule has 1 aliphatic rings. The van der Waals surface area contributed by atoms with E-state index in [1.807, 2.05) is 0 Å². The third kappa shape index (κ3) is 2.47. The minimum Gasteiger partial charge on any atom is -0.476 e. The van der Waals surface area contributed by atoms with E-state index in [0.717, 1.165) is 0 Å². The van der Waals surface area contributed by atoms with Crippen LogP contribution in [-0.4, -0.2) is 50.0 Å². The number of carboxylic acid groups (broad SMARTS) is 1. The molecule has 1 amide bonds. The van der Waals surface area contributed by atoms with Crippen molar-refractivity contribution in [3.63, 3.8) is 0 Å². The number of carbonyl (C=O) groups is 2. The van der Waals surface area contributed by atoms with Crippen molar-refractivity contribution in [1.29, 1.82) is 0 Å². The molecule has 0 aliphatic carbocycles. The van der Waals surface area contributed by atoms with Gasteiger partial charge in [-0.15, -0.1) is 5.10 Å². The number of hydrogen-bond acceptors (Lipinski definition) is 4. The van der Waals surface area contributed by atoms with E-state index in [2.05, 4.69) is 10.3 Å². The number of aromatic carboxylic acids is 1. The van der Waals surface area contributed by atoms with Crippen molar-refractivity contribution in [2.45, 2.75) is 6.04 Å². The van der Waals surface area contributed by atoms with Gasteiger partial charge in [0.2, 0.25) is 0 Å². The van der Waals surface area contributed by atoms with Gasteiger partial charge >= 0.3 is 5.97 Å². The number of hydrogen-bond donors (Lipinski definition) is 1. The molecular formula is C13H11FN4O3. The van der Waals surface area contributed by atoms with Crippen LogP contribution in [0.5, 0.6) is 0 Å². The maximum absolute atomic E-state index is 13.1. The highest BCUT2D eigenvalue weighted by atomic mass is 19.1. The molecule has 1 aromatic heterocycles. The molecule has 0 atom stereocenters. The van der Waals surface area contributed by atoms with Crippen LogP contribution >= 0.6 is 0 Å². The Morgan fingerprint density at radius 1 is 1.33 bits per heavy atom. The van der Waals surface area contributed by atoms with E-state index in [0.29, 0.717) is 18.7 Å². The van der Waals surface area contributed by atoms with Crippen molar-refractivity contribution < 1.29 is 19.1 Å². The summed E-state index contributed by atoms with van der Waals surface area (Å²) in [6, 6.07) is 5.39. The molecule has 108 valence electrons. The first-order valence-electron chi connectivity index (χ1n) is 6.24. The van der Waals surface area contributed by atoms with Gasteiger partial charge in [-0.3, -0.25) is 4.79 Å². The first-order valence-corrected chi connectivity index (χ1v) is 6.24. The smallest absolute Gasteiger partial charge is 0.358 e. The summed E-state index contributed by atoms with van der Waals surface area (Å²) in [6.07, 6.45) is 1.33. The standard InChI is InChI=1S/C13H11FN4O3/c14-9-3-1-2-8(4-9)12(19)17-5-10(6-17)18-7-11(13(20)21)15-16-18/h1-4,7,10H,5-6H2,(H,20,21). The van der Waals surface area contributed by atoms with E-state index in [4.69, 9.17) is 5.11 Å². The van der Waals surface area contributed by atoms with E-state index < -0.39 is 11.8 Å². The molecule has 7 nitrogen and oxygen atoms in total. The molecule has 1 fully saturated rings. The van der Waals surface area contributed by atoms with Crippen LogP contribution in [0.3, 0.4) is 0 Å². The van der Waals surface area contributed by atoms with Crippen molar-refractivity contribution in [2.24, 2.45) is 0 Å². The molecule has 0 saturated carbocycles. The van der Waals surface area contributed by atoms with Crippen LogP contribution in [0, 0.1) is 5.82 Å². The highest BCUT2D eigenvalue weighted by Gasteiger charge is 2.33. The minimum atomic E-state index is -1.15. The number of carboxylic acids is 1. The molecule has 1 saturated heterocycles. The molecular weight excluding hydrogens is 279 g/mol. The lowest BCUT2D eigenvalue weighted by molar-refractivity contribution is 0.0497. The number of rotatable bonds is 3. The Bertz CT molecular complexity index is 709. The number of amides is 1. The second-order valence-electron chi connectivity index (χ2n) is 4.76. The van der Waals surface area contributed by atoms with Crippen molar-refractivity contribution >= 4 is 11.9 Å². The third-order valence-corrected chi connectivity index (χ3v) is 3.32. The lowest BCUT2D eigenvalue weighted by Gasteiger charge is -2.38. The number of halogens is 1. The summed E-state index contributed by atoms with van der Waals surface area (Å²) in [7, 11) is 0. The monoisotopic (exact) mass is 290 g/mol. The fourth-order valence-corrected chi connectivity index (χ4v) is 2.15. The summed E-state index contributed by atoms with van der Waals surface area (Å²) in [5, 5.41) is 16.0. The Morgan fingerprint density at radius 3 is 2.71 bits per heavy atom. The van der Waals surface area contributed by atoms with Gasteiger partial charge in [-0.25, -0.2) is 13.9 Å². The summed E-state index contributed by atoms with van der Waals surface area (Å²) in [5.41, 5.74) is 0.156. The zero-order chi connectivity index (χ0) is 15.0. The molecule has 0 bridgehead atoms. The van der Waals surface area contributed by atoms with Crippen LogP contribution in [0.15, 0.2) is 30.5 Å². The number of likely N-dealkylation sites (tertiary alicyclic amines) is 1. The van der Waals surface area contributed by atoms with Crippen molar-refractivity contribution in [1.82, 2.24) is 19.9 Å². The summed E-state index contributed by atoms with van der Waals surface area (Å²) in [6.45, 7) is 0.773. The molecule has 1 aliphatic heterocycles. The maximum Gasteiger partial charge on any atom is 0.358 e. The Labute approximate surface area is 118 Å². The highest BCUT2D eigenvalue weighted by molar-refractivity contribution is 5.94. The topological polar surface area (TPSA) is 88.3 Å². The van der Waals surface area contributed by atoms with E-state index in [1.165, 1.54) is 29.1 Å². The zero-order valence-electron chi connectivity index (χ0n) is 10.8. The Balaban J connectivity index is 1.65. The van der Waals surface area contributed by atoms with Crippen molar-refractivity contribution in [3.8, 4) is 0 Å². The van der Waals surface area contributed by atoms with Gasteiger partial charge in [0.05, 0.1) is 12.2 Å². The molecule has 2 aromatic rings. The Kier molecular flexibility index (Phi) is 3.13. The third-order valence-electron chi connectivity index (χ3n) is 3.32. The lowest BCUT2D eigenvalue weighted by Crippen LogP contribution is -2.50. The maximum atomic E-state index is 13.1. The molecule has 0 spiro atoms. The number of aromatic nitrogens is 3. The molecule has 8 heteroatoms. The summed E-state index contributed by atoms with van der Waals surface area (Å²) >= 11 is 0. The Morgan fingerprint density at radius 2 is 2.10 bits per heavy atom. The predicted octanol–water partition coefficient (Wildman–Crippen LogP) is 0.812. The van der Waals surface area contributed by atoms with Gasteiger partial charge in [0.25, 0.3) is 5.91 Å². The van der Waals surface area contributed by atoms with Crippen LogP contribution < -0.4 is 0 Å². The lowest BCUT2D eigenvalue weighted by atomic mass is 10.1. The van der Waals surface area contributed by atoms with Crippen LogP contribution in [0.1, 0.15) is 26.9 Å². The predicted molar refractivity (Wildman–Crippen MR) is 68.3 cm³/mol. The second kappa shape index (κ2) is 4.97. The fraction of sp³-hybridized carbons (Fsp3) is 0.231. The average Bonchev–Trinajstić information content (AvgIpc) is 2.86. The number of carbonyl (C=O) groups excluding carboxylic acids is 1. The van der Waals surface area contributed by atoms with Crippen LogP contribution in [-0.2, 0) is 0 Å². The quantitative estimate of drug-likeness (QED) is 0.903. The second-order valence-corrected chi connectivity index (χ2v) is 4.76. The summed E-state index contributed by atoms with van der Waals surface area (Å²) < 4.78 is 14.5. The van der Waals surface area contributed by atoms with E-state index in [9.17, 15) is 14.0 Å². The minimum absolute atomic E-state index is 0.108. The first-order chi connectivity index (χ1) is 10.0. The summed E-state index contributed by atoms with van der Waals surface area (Å²) in [5.74, 6) is -1.86. The van der Waals surface area contributed by atoms with Gasteiger partial charge in [0, 0.05) is 18.7 Å². The molecule has 2 heterocycles. The van der Waals surface area contributed by atoms with Gasteiger partial charge in [0.15, 0.2) is 5.69 Å². The largest absolute Gasteiger partial charge is 0.476 e. The molecule has 21 heavy (non-hydrogen) atoms. The highest BCUT2D eigenvalue weighted by Crippen LogP contribution is 2.22. The molecule has 0 unspecified atom stereocenters. The van der Waals surface area contributed by atoms with Gasteiger partial charge in [-0.2, -0.15) is 0 Å². The molecule has 1 N–H and O–H groups in total. The van der Waals surface area contributed by atoms with Gasteiger partial charge in [-0.1, -0.05) is 11.3 Å². The fourth-order valence-electron chi connectivity index (χ4n) is 2.15. The van der Waals surface area contributed by atoms with Crippen LogP contribution in [0.2, 0.25) is 0 Å².